The molecule has 4 aliphatic rings. The molecule has 0 aromatic rings. The summed E-state index contributed by atoms with van der Waals surface area (Å²) in [6.07, 6.45) is 1.88. The zero-order valence-electron chi connectivity index (χ0n) is 7.49. The molecule has 1 aliphatic carbocycles. The Morgan fingerprint density at radius 3 is 2.00 bits per heavy atom. The van der Waals surface area contributed by atoms with Crippen LogP contribution >= 0.6 is 0 Å². The summed E-state index contributed by atoms with van der Waals surface area (Å²) in [6.45, 7) is 2.23. The molecule has 0 amide bonds. The molecule has 1 N–H and O–H groups in total. The molecule has 0 spiro atoms. The van der Waals surface area contributed by atoms with Gasteiger partial charge >= 0.3 is 0 Å². The minimum atomic E-state index is -0.906. The van der Waals surface area contributed by atoms with Crippen LogP contribution in [0.1, 0.15) is 12.8 Å². The Labute approximate surface area is 76.8 Å². The topological polar surface area (TPSA) is 47.9 Å². The highest BCUT2D eigenvalue weighted by Gasteiger charge is 2.66. The van der Waals surface area contributed by atoms with Gasteiger partial charge in [0.15, 0.2) is 0 Å². The molecule has 4 rings (SSSR count). The molecule has 0 atom stereocenters. The third-order valence-electron chi connectivity index (χ3n) is 3.33. The van der Waals surface area contributed by atoms with Gasteiger partial charge in [0.25, 0.3) is 5.97 Å². The molecule has 2 bridgehead atoms. The predicted octanol–water partition coefficient (Wildman–Crippen LogP) is 0.106. The van der Waals surface area contributed by atoms with Crippen LogP contribution < -0.4 is 0 Å². The Hall–Kier alpha value is -0.160. The van der Waals surface area contributed by atoms with E-state index in [0.29, 0.717) is 25.7 Å². The first-order chi connectivity index (χ1) is 6.30. The van der Waals surface area contributed by atoms with Crippen LogP contribution in [0.4, 0.5) is 0 Å². The number of hydrogen-bond donors (Lipinski definition) is 1. The molecule has 0 radical (unpaired) electrons. The molecular weight excluding hydrogens is 172 g/mol. The van der Waals surface area contributed by atoms with Crippen LogP contribution in [0.5, 0.6) is 0 Å². The van der Waals surface area contributed by atoms with Crippen molar-refractivity contribution < 1.29 is 19.3 Å². The van der Waals surface area contributed by atoms with Crippen LogP contribution in [0.2, 0.25) is 0 Å². The SMILES string of the molecule is OCC1(C23OCC(CO2)CO3)CC1. The fraction of sp³-hybridized carbons (Fsp3) is 1.00. The lowest BCUT2D eigenvalue weighted by Gasteiger charge is -2.49. The molecular formula is C9H14O4. The number of aliphatic hydroxyl groups is 1. The quantitative estimate of drug-likeness (QED) is 0.664. The van der Waals surface area contributed by atoms with E-state index in [4.69, 9.17) is 14.2 Å². The van der Waals surface area contributed by atoms with Gasteiger partial charge in [-0.15, -0.1) is 0 Å². The van der Waals surface area contributed by atoms with Crippen LogP contribution in [0.25, 0.3) is 0 Å². The summed E-state index contributed by atoms with van der Waals surface area (Å²) >= 11 is 0. The number of aliphatic hydroxyl groups excluding tert-OH is 1. The molecule has 74 valence electrons. The Balaban J connectivity index is 1.87. The standard InChI is InChI=1S/C9H14O4/c10-6-8(1-2-8)9-11-3-7(4-12-9)5-13-9/h7,10H,1-6H2. The largest absolute Gasteiger partial charge is 0.395 e. The van der Waals surface area contributed by atoms with Crippen molar-refractivity contribution in [1.82, 2.24) is 0 Å². The normalized spacial score (nSPS) is 46.4. The van der Waals surface area contributed by atoms with E-state index in [2.05, 4.69) is 0 Å². The molecule has 0 aromatic heterocycles. The Morgan fingerprint density at radius 1 is 1.08 bits per heavy atom. The summed E-state index contributed by atoms with van der Waals surface area (Å²) < 4.78 is 16.7. The molecule has 1 saturated carbocycles. The van der Waals surface area contributed by atoms with Gasteiger partial charge in [-0.05, 0) is 12.8 Å². The van der Waals surface area contributed by atoms with E-state index in [1.54, 1.807) is 0 Å². The van der Waals surface area contributed by atoms with Gasteiger partial charge in [0.1, 0.15) is 0 Å². The summed E-state index contributed by atoms with van der Waals surface area (Å²) in [4.78, 5) is 0. The van der Waals surface area contributed by atoms with Crippen LogP contribution in [0.15, 0.2) is 0 Å². The van der Waals surface area contributed by atoms with Crippen molar-refractivity contribution in [2.75, 3.05) is 26.4 Å². The third-order valence-corrected chi connectivity index (χ3v) is 3.33. The van der Waals surface area contributed by atoms with Crippen molar-refractivity contribution in [3.63, 3.8) is 0 Å². The Bertz CT molecular complexity index is 202. The van der Waals surface area contributed by atoms with E-state index in [9.17, 15) is 5.11 Å². The summed E-state index contributed by atoms with van der Waals surface area (Å²) in [5, 5.41) is 9.28. The molecule has 3 saturated heterocycles. The molecule has 0 aromatic carbocycles. The molecule has 3 heterocycles. The molecule has 4 nitrogen and oxygen atoms in total. The monoisotopic (exact) mass is 186 g/mol. The highest BCUT2D eigenvalue weighted by atomic mass is 16.9. The van der Waals surface area contributed by atoms with Gasteiger partial charge < -0.3 is 19.3 Å². The second kappa shape index (κ2) is 2.45. The van der Waals surface area contributed by atoms with Crippen LogP contribution in [0, 0.1) is 11.3 Å². The van der Waals surface area contributed by atoms with Crippen molar-refractivity contribution in [1.29, 1.82) is 0 Å². The number of ether oxygens (including phenoxy) is 3. The first kappa shape index (κ1) is 8.17. The van der Waals surface area contributed by atoms with Crippen LogP contribution in [-0.2, 0) is 14.2 Å². The van der Waals surface area contributed by atoms with E-state index in [0.717, 1.165) is 12.8 Å². The van der Waals surface area contributed by atoms with Crippen molar-refractivity contribution in [2.24, 2.45) is 11.3 Å². The highest BCUT2D eigenvalue weighted by molar-refractivity contribution is 5.02. The van der Waals surface area contributed by atoms with Gasteiger partial charge in [-0.2, -0.15) is 0 Å². The fourth-order valence-electron chi connectivity index (χ4n) is 2.12. The van der Waals surface area contributed by atoms with Gasteiger partial charge in [-0.3, -0.25) is 0 Å². The highest BCUT2D eigenvalue weighted by Crippen LogP contribution is 2.58. The van der Waals surface area contributed by atoms with Gasteiger partial charge in [-0.1, -0.05) is 0 Å². The maximum Gasteiger partial charge on any atom is 0.291 e. The third kappa shape index (κ3) is 0.944. The van der Waals surface area contributed by atoms with Crippen LogP contribution in [0.3, 0.4) is 0 Å². The summed E-state index contributed by atoms with van der Waals surface area (Å²) in [7, 11) is 0. The van der Waals surface area contributed by atoms with Gasteiger partial charge in [-0.25, -0.2) is 0 Å². The van der Waals surface area contributed by atoms with Crippen LogP contribution in [-0.4, -0.2) is 37.5 Å². The summed E-state index contributed by atoms with van der Waals surface area (Å²) in [5.41, 5.74) is -0.265. The van der Waals surface area contributed by atoms with Gasteiger partial charge in [0, 0.05) is 5.92 Å². The van der Waals surface area contributed by atoms with Crippen molar-refractivity contribution >= 4 is 0 Å². The maximum absolute atomic E-state index is 9.28. The average Bonchev–Trinajstić information content (AvgIpc) is 3.01. The summed E-state index contributed by atoms with van der Waals surface area (Å²) in [6, 6.07) is 0. The second-order valence-electron chi connectivity index (χ2n) is 4.29. The molecule has 4 heteroatoms. The van der Waals surface area contributed by atoms with E-state index < -0.39 is 5.97 Å². The zero-order valence-corrected chi connectivity index (χ0v) is 7.49. The van der Waals surface area contributed by atoms with Crippen molar-refractivity contribution in [3.05, 3.63) is 0 Å². The van der Waals surface area contributed by atoms with E-state index in [1.165, 1.54) is 0 Å². The second-order valence-corrected chi connectivity index (χ2v) is 4.29. The van der Waals surface area contributed by atoms with Crippen molar-refractivity contribution in [2.45, 2.75) is 18.8 Å². The molecule has 13 heavy (non-hydrogen) atoms. The predicted molar refractivity (Wildman–Crippen MR) is 42.8 cm³/mol. The van der Waals surface area contributed by atoms with Gasteiger partial charge in [0.2, 0.25) is 0 Å². The number of rotatable bonds is 2. The lowest BCUT2D eigenvalue weighted by molar-refractivity contribution is -0.476. The maximum atomic E-state index is 9.28. The minimum Gasteiger partial charge on any atom is -0.395 e. The van der Waals surface area contributed by atoms with E-state index >= 15 is 0 Å². The van der Waals surface area contributed by atoms with E-state index in [-0.39, 0.29) is 12.0 Å². The smallest absolute Gasteiger partial charge is 0.291 e. The Kier molecular flexibility index (Phi) is 1.54. The minimum absolute atomic E-state index is 0.0949. The lowest BCUT2D eigenvalue weighted by Crippen LogP contribution is -2.59. The lowest BCUT2D eigenvalue weighted by atomic mass is 10.0. The molecule has 3 aliphatic heterocycles. The fourth-order valence-corrected chi connectivity index (χ4v) is 2.12. The number of hydrogen-bond acceptors (Lipinski definition) is 4. The summed E-state index contributed by atoms with van der Waals surface area (Å²) in [5.74, 6) is -0.521. The van der Waals surface area contributed by atoms with Crippen molar-refractivity contribution in [3.8, 4) is 0 Å². The number of fused-ring (bicyclic) bond motifs is 3. The van der Waals surface area contributed by atoms with Gasteiger partial charge in [0.05, 0.1) is 31.8 Å². The Morgan fingerprint density at radius 2 is 1.62 bits per heavy atom. The average molecular weight is 186 g/mol. The molecule has 4 fully saturated rings. The first-order valence-corrected chi connectivity index (χ1v) is 4.83. The van der Waals surface area contributed by atoms with E-state index in [1.807, 2.05) is 0 Å². The first-order valence-electron chi connectivity index (χ1n) is 4.83. The molecule has 0 unspecified atom stereocenters. The zero-order chi connectivity index (χ0) is 8.94.